The van der Waals surface area contributed by atoms with Gasteiger partial charge >= 0.3 is 5.97 Å². The first-order valence-corrected chi connectivity index (χ1v) is 9.93. The lowest BCUT2D eigenvalue weighted by molar-refractivity contribution is -0.153. The maximum Gasteiger partial charge on any atom is 0.309 e. The van der Waals surface area contributed by atoms with Gasteiger partial charge in [0, 0.05) is 26.2 Å². The van der Waals surface area contributed by atoms with Gasteiger partial charge in [-0.2, -0.15) is 4.31 Å². The first-order valence-electron chi connectivity index (χ1n) is 8.49. The molecule has 0 spiro atoms. The third-order valence-electron chi connectivity index (χ3n) is 4.79. The summed E-state index contributed by atoms with van der Waals surface area (Å²) in [5.41, 5.74) is 0. The van der Waals surface area contributed by atoms with Crippen LogP contribution < -0.4 is 0 Å². The molecule has 1 aromatic carbocycles. The molecule has 2 atom stereocenters. The summed E-state index contributed by atoms with van der Waals surface area (Å²) in [5, 5.41) is 0. The van der Waals surface area contributed by atoms with Crippen LogP contribution >= 0.6 is 0 Å². The quantitative estimate of drug-likeness (QED) is 0.703. The SMILES string of the molecule is C[C@H]1C[C@H]1C(=O)OCC(=O)N1CCN(S(=O)(=O)c2ccc(F)cc2)CC1. The summed E-state index contributed by atoms with van der Waals surface area (Å²) >= 11 is 0. The highest BCUT2D eigenvalue weighted by Crippen LogP contribution is 2.38. The van der Waals surface area contributed by atoms with Crippen LogP contribution in [0.3, 0.4) is 0 Å². The molecule has 2 fully saturated rings. The highest BCUT2D eigenvalue weighted by atomic mass is 32.2. The summed E-state index contributed by atoms with van der Waals surface area (Å²) < 4.78 is 44.3. The second-order valence-corrected chi connectivity index (χ2v) is 8.60. The standard InChI is InChI=1S/C17H21FN2O5S/c1-12-10-15(12)17(22)25-11-16(21)19-6-8-20(9-7-19)26(23,24)14-4-2-13(18)3-5-14/h2-5,12,15H,6-11H2,1H3/t12-,15+/m0/s1. The van der Waals surface area contributed by atoms with Gasteiger partial charge in [-0.25, -0.2) is 12.8 Å². The number of carbonyl (C=O) groups excluding carboxylic acids is 2. The molecule has 0 aromatic heterocycles. The van der Waals surface area contributed by atoms with Crippen molar-refractivity contribution in [3.63, 3.8) is 0 Å². The number of ether oxygens (including phenoxy) is 1. The molecule has 0 bridgehead atoms. The fraction of sp³-hybridized carbons (Fsp3) is 0.529. The van der Waals surface area contributed by atoms with Crippen LogP contribution in [0.25, 0.3) is 0 Å². The first-order chi connectivity index (χ1) is 12.3. The lowest BCUT2D eigenvalue weighted by Gasteiger charge is -2.33. The normalized spacial score (nSPS) is 23.5. The maximum atomic E-state index is 13.0. The average Bonchev–Trinajstić information content (AvgIpc) is 3.36. The van der Waals surface area contributed by atoms with Gasteiger partial charge in [-0.1, -0.05) is 6.92 Å². The van der Waals surface area contributed by atoms with Crippen molar-refractivity contribution in [3.8, 4) is 0 Å². The van der Waals surface area contributed by atoms with Gasteiger partial charge in [-0.3, -0.25) is 9.59 Å². The molecule has 1 saturated heterocycles. The van der Waals surface area contributed by atoms with Crippen molar-refractivity contribution < 1.29 is 27.1 Å². The monoisotopic (exact) mass is 384 g/mol. The Morgan fingerprint density at radius 1 is 1.15 bits per heavy atom. The summed E-state index contributed by atoms with van der Waals surface area (Å²) in [4.78, 5) is 25.3. The molecule has 1 amide bonds. The highest BCUT2D eigenvalue weighted by molar-refractivity contribution is 7.89. The topological polar surface area (TPSA) is 84.0 Å². The van der Waals surface area contributed by atoms with E-state index in [-0.39, 0.29) is 55.5 Å². The minimum Gasteiger partial charge on any atom is -0.455 e. The number of piperazine rings is 1. The van der Waals surface area contributed by atoms with Crippen LogP contribution in [0.15, 0.2) is 29.2 Å². The van der Waals surface area contributed by atoms with Crippen LogP contribution in [-0.2, 0) is 24.3 Å². The first kappa shape index (κ1) is 18.8. The van der Waals surface area contributed by atoms with Gasteiger partial charge in [0.2, 0.25) is 10.0 Å². The van der Waals surface area contributed by atoms with Crippen molar-refractivity contribution in [2.45, 2.75) is 18.2 Å². The predicted octanol–water partition coefficient (Wildman–Crippen LogP) is 0.858. The van der Waals surface area contributed by atoms with E-state index in [1.807, 2.05) is 6.92 Å². The molecule has 26 heavy (non-hydrogen) atoms. The zero-order chi connectivity index (χ0) is 18.9. The van der Waals surface area contributed by atoms with Crippen molar-refractivity contribution in [3.05, 3.63) is 30.1 Å². The van der Waals surface area contributed by atoms with Crippen molar-refractivity contribution in [1.82, 2.24) is 9.21 Å². The Hall–Kier alpha value is -2.00. The Morgan fingerprint density at radius 2 is 1.73 bits per heavy atom. The number of esters is 1. The van der Waals surface area contributed by atoms with E-state index in [9.17, 15) is 22.4 Å². The molecule has 7 nitrogen and oxygen atoms in total. The molecule has 1 aliphatic carbocycles. The highest BCUT2D eigenvalue weighted by Gasteiger charge is 2.41. The number of amides is 1. The minimum atomic E-state index is -3.72. The van der Waals surface area contributed by atoms with E-state index in [0.29, 0.717) is 5.92 Å². The molecule has 1 aromatic rings. The number of halogens is 1. The van der Waals surface area contributed by atoms with Gasteiger partial charge in [0.15, 0.2) is 6.61 Å². The molecular formula is C17H21FN2O5S. The largest absolute Gasteiger partial charge is 0.455 e. The molecule has 2 aliphatic rings. The molecule has 0 N–H and O–H groups in total. The van der Waals surface area contributed by atoms with Gasteiger partial charge in [0.05, 0.1) is 10.8 Å². The molecular weight excluding hydrogens is 363 g/mol. The summed E-state index contributed by atoms with van der Waals surface area (Å²) in [7, 11) is -3.72. The molecule has 3 rings (SSSR count). The number of hydrogen-bond acceptors (Lipinski definition) is 5. The molecule has 0 unspecified atom stereocenters. The van der Waals surface area contributed by atoms with Crippen LogP contribution in [0.5, 0.6) is 0 Å². The number of benzene rings is 1. The maximum absolute atomic E-state index is 13.0. The van der Waals surface area contributed by atoms with Gasteiger partial charge in [0.1, 0.15) is 5.82 Å². The number of hydrogen-bond donors (Lipinski definition) is 0. The average molecular weight is 384 g/mol. The van der Waals surface area contributed by atoms with Crippen molar-refractivity contribution >= 4 is 21.9 Å². The Balaban J connectivity index is 1.51. The number of nitrogens with zero attached hydrogens (tertiary/aromatic N) is 2. The fourth-order valence-electron chi connectivity index (χ4n) is 2.92. The van der Waals surface area contributed by atoms with Crippen LogP contribution in [-0.4, -0.2) is 62.3 Å². The Morgan fingerprint density at radius 3 is 2.27 bits per heavy atom. The molecule has 9 heteroatoms. The van der Waals surface area contributed by atoms with Crippen molar-refractivity contribution in [2.75, 3.05) is 32.8 Å². The lowest BCUT2D eigenvalue weighted by atomic mass is 10.3. The number of carbonyl (C=O) groups is 2. The second-order valence-electron chi connectivity index (χ2n) is 6.67. The smallest absolute Gasteiger partial charge is 0.309 e. The van der Waals surface area contributed by atoms with Crippen LogP contribution in [0.1, 0.15) is 13.3 Å². The zero-order valence-corrected chi connectivity index (χ0v) is 15.2. The van der Waals surface area contributed by atoms with E-state index in [1.54, 1.807) is 0 Å². The minimum absolute atomic E-state index is 0.0196. The number of sulfonamides is 1. The van der Waals surface area contributed by atoms with E-state index >= 15 is 0 Å². The Labute approximate surface area is 151 Å². The molecule has 142 valence electrons. The second kappa shape index (κ2) is 7.32. The third kappa shape index (κ3) is 4.04. The number of rotatable bonds is 5. The van der Waals surface area contributed by atoms with E-state index in [1.165, 1.54) is 21.3 Å². The Kier molecular flexibility index (Phi) is 5.29. The van der Waals surface area contributed by atoms with Crippen molar-refractivity contribution in [2.24, 2.45) is 11.8 Å². The van der Waals surface area contributed by atoms with E-state index in [0.717, 1.165) is 18.6 Å². The van der Waals surface area contributed by atoms with Gasteiger partial charge in [-0.05, 0) is 36.6 Å². The summed E-state index contributed by atoms with van der Waals surface area (Å²) in [5.74, 6) is -0.957. The summed E-state index contributed by atoms with van der Waals surface area (Å²) in [6, 6.07) is 4.64. The van der Waals surface area contributed by atoms with E-state index in [4.69, 9.17) is 4.74 Å². The third-order valence-corrected chi connectivity index (χ3v) is 6.71. The van der Waals surface area contributed by atoms with Crippen LogP contribution in [0, 0.1) is 17.7 Å². The zero-order valence-electron chi connectivity index (χ0n) is 14.4. The molecule has 1 heterocycles. The van der Waals surface area contributed by atoms with Gasteiger partial charge in [-0.15, -0.1) is 0 Å². The Bertz CT molecular complexity index is 788. The lowest BCUT2D eigenvalue weighted by Crippen LogP contribution is -2.51. The summed E-state index contributed by atoms with van der Waals surface area (Å²) in [6.45, 7) is 2.35. The molecule has 1 saturated carbocycles. The van der Waals surface area contributed by atoms with Gasteiger partial charge < -0.3 is 9.64 Å². The van der Waals surface area contributed by atoms with Crippen LogP contribution in [0.4, 0.5) is 4.39 Å². The van der Waals surface area contributed by atoms with Gasteiger partial charge in [0.25, 0.3) is 5.91 Å². The van der Waals surface area contributed by atoms with Crippen LogP contribution in [0.2, 0.25) is 0 Å². The molecule has 0 radical (unpaired) electrons. The van der Waals surface area contributed by atoms with Crippen molar-refractivity contribution in [1.29, 1.82) is 0 Å². The van der Waals surface area contributed by atoms with E-state index in [2.05, 4.69) is 0 Å². The summed E-state index contributed by atoms with van der Waals surface area (Å²) in [6.07, 6.45) is 0.799. The fourth-order valence-corrected chi connectivity index (χ4v) is 4.34. The molecule has 1 aliphatic heterocycles. The van der Waals surface area contributed by atoms with E-state index < -0.39 is 15.8 Å². The predicted molar refractivity (Wildman–Crippen MR) is 90.0 cm³/mol.